The molecule has 2 heterocycles. The molecule has 1 amide bonds. The van der Waals surface area contributed by atoms with Gasteiger partial charge in [0.2, 0.25) is 5.91 Å². The molecule has 4 rings (SSSR count). The summed E-state index contributed by atoms with van der Waals surface area (Å²) in [6.07, 6.45) is 0. The second-order valence-corrected chi connectivity index (χ2v) is 8.33. The predicted octanol–water partition coefficient (Wildman–Crippen LogP) is 2.11. The Balaban J connectivity index is 1.55. The van der Waals surface area contributed by atoms with Crippen molar-refractivity contribution in [2.75, 3.05) is 23.4 Å². The number of thioether (sulfide) groups is 1. The number of amides is 1. The Labute approximate surface area is 187 Å². The molecule has 9 nitrogen and oxygen atoms in total. The van der Waals surface area contributed by atoms with Gasteiger partial charge in [-0.3, -0.25) is 19.1 Å². The van der Waals surface area contributed by atoms with Gasteiger partial charge < -0.3 is 15.6 Å². The van der Waals surface area contributed by atoms with E-state index < -0.39 is 11.2 Å². The number of rotatable bonds is 6. The maximum absolute atomic E-state index is 12.8. The lowest BCUT2D eigenvalue weighted by molar-refractivity contribution is -0.115. The molecular weight excluding hydrogens is 428 g/mol. The summed E-state index contributed by atoms with van der Waals surface area (Å²) in [4.78, 5) is 48.7. The monoisotopic (exact) mass is 450 g/mol. The first-order valence-corrected chi connectivity index (χ1v) is 10.8. The molecule has 0 unspecified atom stereocenters. The van der Waals surface area contributed by atoms with Crippen LogP contribution in [-0.2, 0) is 11.3 Å². The number of imidazole rings is 1. The van der Waals surface area contributed by atoms with Gasteiger partial charge in [0, 0.05) is 7.05 Å². The third-order valence-corrected chi connectivity index (χ3v) is 5.91. The SMILES string of the molecule is Cc1ccc2nc(SCC(=O)N(C)c3c(N)n(Cc4ccccc4)c(=O)[nH]c3=O)[nH]c2c1. The van der Waals surface area contributed by atoms with Gasteiger partial charge in [0.05, 0.1) is 23.3 Å². The summed E-state index contributed by atoms with van der Waals surface area (Å²) in [5.41, 5.74) is 8.41. The maximum Gasteiger partial charge on any atom is 0.330 e. The van der Waals surface area contributed by atoms with Crippen LogP contribution in [0.25, 0.3) is 11.0 Å². The fourth-order valence-electron chi connectivity index (χ4n) is 3.34. The van der Waals surface area contributed by atoms with Crippen molar-refractivity contribution in [3.8, 4) is 0 Å². The quantitative estimate of drug-likeness (QED) is 0.386. The molecule has 4 N–H and O–H groups in total. The number of aryl methyl sites for hydroxylation is 1. The number of nitrogens with zero attached hydrogens (tertiary/aromatic N) is 3. The highest BCUT2D eigenvalue weighted by atomic mass is 32.2. The largest absolute Gasteiger partial charge is 0.383 e. The Bertz CT molecular complexity index is 1410. The van der Waals surface area contributed by atoms with Crippen molar-refractivity contribution in [1.82, 2.24) is 19.5 Å². The molecule has 0 bridgehead atoms. The third-order valence-electron chi connectivity index (χ3n) is 5.06. The number of benzene rings is 2. The highest BCUT2D eigenvalue weighted by Crippen LogP contribution is 2.22. The van der Waals surface area contributed by atoms with Crippen LogP contribution < -0.4 is 21.9 Å². The lowest BCUT2D eigenvalue weighted by Crippen LogP contribution is -2.40. The minimum Gasteiger partial charge on any atom is -0.383 e. The van der Waals surface area contributed by atoms with E-state index in [2.05, 4.69) is 15.0 Å². The van der Waals surface area contributed by atoms with Gasteiger partial charge in [-0.05, 0) is 30.2 Å². The third kappa shape index (κ3) is 4.30. The highest BCUT2D eigenvalue weighted by molar-refractivity contribution is 7.99. The number of nitrogens with one attached hydrogen (secondary N) is 2. The van der Waals surface area contributed by atoms with Crippen molar-refractivity contribution >= 4 is 40.2 Å². The average Bonchev–Trinajstić information content (AvgIpc) is 3.17. The first kappa shape index (κ1) is 21.4. The number of hydrogen-bond acceptors (Lipinski definition) is 6. The summed E-state index contributed by atoms with van der Waals surface area (Å²) >= 11 is 1.23. The van der Waals surface area contributed by atoms with E-state index in [0.29, 0.717) is 5.16 Å². The number of fused-ring (bicyclic) bond motifs is 1. The molecule has 0 atom stereocenters. The van der Waals surface area contributed by atoms with Crippen molar-refractivity contribution in [3.63, 3.8) is 0 Å². The Hall–Kier alpha value is -3.79. The topological polar surface area (TPSA) is 130 Å². The minimum absolute atomic E-state index is 0.0337. The lowest BCUT2D eigenvalue weighted by atomic mass is 10.2. The van der Waals surface area contributed by atoms with Gasteiger partial charge in [0.1, 0.15) is 5.82 Å². The summed E-state index contributed by atoms with van der Waals surface area (Å²) in [6, 6.07) is 15.1. The van der Waals surface area contributed by atoms with Gasteiger partial charge in [-0.2, -0.15) is 0 Å². The molecule has 0 saturated heterocycles. The van der Waals surface area contributed by atoms with E-state index in [-0.39, 0.29) is 29.7 Å². The van der Waals surface area contributed by atoms with Crippen LogP contribution in [0.15, 0.2) is 63.3 Å². The van der Waals surface area contributed by atoms with E-state index in [1.807, 2.05) is 55.5 Å². The zero-order valence-electron chi connectivity index (χ0n) is 17.6. The molecule has 0 spiro atoms. The first-order chi connectivity index (χ1) is 15.3. The zero-order valence-corrected chi connectivity index (χ0v) is 18.4. The summed E-state index contributed by atoms with van der Waals surface area (Å²) < 4.78 is 1.24. The van der Waals surface area contributed by atoms with Gasteiger partial charge in [-0.15, -0.1) is 0 Å². The fourth-order valence-corrected chi connectivity index (χ4v) is 4.14. The molecule has 164 valence electrons. The second kappa shape index (κ2) is 8.75. The van der Waals surface area contributed by atoms with Crippen molar-refractivity contribution in [2.45, 2.75) is 18.6 Å². The van der Waals surface area contributed by atoms with Gasteiger partial charge in [-0.25, -0.2) is 9.78 Å². The van der Waals surface area contributed by atoms with Crippen LogP contribution in [-0.4, -0.2) is 38.2 Å². The van der Waals surface area contributed by atoms with Gasteiger partial charge >= 0.3 is 5.69 Å². The van der Waals surface area contributed by atoms with Crippen molar-refractivity contribution in [2.24, 2.45) is 0 Å². The molecule has 0 aliphatic rings. The van der Waals surface area contributed by atoms with E-state index in [4.69, 9.17) is 5.73 Å². The number of aromatic nitrogens is 4. The average molecular weight is 451 g/mol. The number of carbonyl (C=O) groups excluding carboxylic acids is 1. The van der Waals surface area contributed by atoms with Crippen LogP contribution >= 0.6 is 11.8 Å². The highest BCUT2D eigenvalue weighted by Gasteiger charge is 2.21. The molecule has 2 aromatic heterocycles. The van der Waals surface area contributed by atoms with Gasteiger partial charge in [0.25, 0.3) is 5.56 Å². The molecule has 0 radical (unpaired) electrons. The van der Waals surface area contributed by atoms with Crippen molar-refractivity contribution in [3.05, 3.63) is 80.5 Å². The van der Waals surface area contributed by atoms with E-state index in [1.165, 1.54) is 28.3 Å². The molecule has 4 aromatic rings. The Morgan fingerprint density at radius 2 is 1.91 bits per heavy atom. The van der Waals surface area contributed by atoms with Crippen LogP contribution in [0.4, 0.5) is 11.5 Å². The number of nitrogen functional groups attached to an aromatic ring is 1. The molecule has 0 aliphatic carbocycles. The van der Waals surface area contributed by atoms with Crippen LogP contribution in [0.5, 0.6) is 0 Å². The number of aromatic amines is 2. The molecule has 0 aliphatic heterocycles. The smallest absolute Gasteiger partial charge is 0.330 e. The van der Waals surface area contributed by atoms with E-state index >= 15 is 0 Å². The number of carbonyl (C=O) groups is 1. The minimum atomic E-state index is -0.711. The zero-order chi connectivity index (χ0) is 22.8. The normalized spacial score (nSPS) is 11.1. The van der Waals surface area contributed by atoms with Crippen molar-refractivity contribution < 1.29 is 4.79 Å². The van der Waals surface area contributed by atoms with E-state index in [1.54, 1.807) is 0 Å². The van der Waals surface area contributed by atoms with E-state index in [9.17, 15) is 14.4 Å². The van der Waals surface area contributed by atoms with Crippen LogP contribution in [0.2, 0.25) is 0 Å². The molecule has 2 aromatic carbocycles. The standard InChI is InChI=1S/C22H22N6O3S/c1-13-8-9-15-16(10-13)25-21(24-15)32-12-17(29)27(2)18-19(23)28(22(31)26-20(18)30)11-14-6-4-3-5-7-14/h3-10H,11-12,23H2,1-2H3,(H,24,25)(H,26,30,31). The molecule has 32 heavy (non-hydrogen) atoms. The Morgan fingerprint density at radius 3 is 2.66 bits per heavy atom. The number of H-pyrrole nitrogens is 2. The first-order valence-electron chi connectivity index (χ1n) is 9.85. The van der Waals surface area contributed by atoms with Crippen LogP contribution in [0.1, 0.15) is 11.1 Å². The van der Waals surface area contributed by atoms with Gasteiger partial charge in [0.15, 0.2) is 10.8 Å². The lowest BCUT2D eigenvalue weighted by Gasteiger charge is -2.20. The van der Waals surface area contributed by atoms with E-state index in [0.717, 1.165) is 22.2 Å². The fraction of sp³-hybridized carbons (Fsp3) is 0.182. The van der Waals surface area contributed by atoms with Crippen LogP contribution in [0, 0.1) is 6.92 Å². The number of nitrogens with two attached hydrogens (primary N) is 1. The molecule has 10 heteroatoms. The summed E-state index contributed by atoms with van der Waals surface area (Å²) in [5.74, 6) is -0.386. The summed E-state index contributed by atoms with van der Waals surface area (Å²) in [5, 5.41) is 0.600. The second-order valence-electron chi connectivity index (χ2n) is 7.37. The molecule has 0 fully saturated rings. The molecule has 0 saturated carbocycles. The van der Waals surface area contributed by atoms with Crippen molar-refractivity contribution in [1.29, 1.82) is 0 Å². The number of hydrogen-bond donors (Lipinski definition) is 3. The maximum atomic E-state index is 12.8. The van der Waals surface area contributed by atoms with Gasteiger partial charge in [-0.1, -0.05) is 48.2 Å². The van der Waals surface area contributed by atoms with Crippen LogP contribution in [0.3, 0.4) is 0 Å². The number of anilines is 2. The molecular formula is C22H22N6O3S. The summed E-state index contributed by atoms with van der Waals surface area (Å²) in [6.45, 7) is 2.16. The summed E-state index contributed by atoms with van der Waals surface area (Å²) in [7, 11) is 1.46. The Kier molecular flexibility index (Phi) is 5.87. The predicted molar refractivity (Wildman–Crippen MR) is 126 cm³/mol. The Morgan fingerprint density at radius 1 is 1.16 bits per heavy atom.